The van der Waals surface area contributed by atoms with Gasteiger partial charge in [-0.15, -0.1) is 0 Å². The molecular formula is C26H43OP. The molecule has 158 valence electrons. The number of benzene rings is 1. The lowest BCUT2D eigenvalue weighted by atomic mass is 9.80. The molecule has 1 nitrogen and oxygen atoms in total. The predicted molar refractivity (Wildman–Crippen MR) is 125 cm³/mol. The Bertz CT molecular complexity index is 607. The average Bonchev–Trinajstić information content (AvgIpc) is 2.66. The lowest BCUT2D eigenvalue weighted by Crippen LogP contribution is -2.24. The molecule has 0 unspecified atom stereocenters. The van der Waals surface area contributed by atoms with Crippen LogP contribution in [0.5, 0.6) is 5.75 Å². The second-order valence-electron chi connectivity index (χ2n) is 11.2. The van der Waals surface area contributed by atoms with Gasteiger partial charge in [-0.1, -0.05) is 92.2 Å². The predicted octanol–water partition coefficient (Wildman–Crippen LogP) is 8.72. The second kappa shape index (κ2) is 9.07. The van der Waals surface area contributed by atoms with E-state index in [2.05, 4.69) is 59.7 Å². The highest BCUT2D eigenvalue weighted by molar-refractivity contribution is 7.54. The first-order valence-electron chi connectivity index (χ1n) is 11.8. The summed E-state index contributed by atoms with van der Waals surface area (Å²) in [7, 11) is -0.374. The minimum absolute atomic E-state index is 0.108. The van der Waals surface area contributed by atoms with E-state index in [1.807, 2.05) is 0 Å². The molecule has 0 bridgehead atoms. The molecule has 0 aliphatic heterocycles. The quantitative estimate of drug-likeness (QED) is 0.457. The molecule has 2 aliphatic carbocycles. The topological polar surface area (TPSA) is 9.23 Å². The minimum atomic E-state index is -0.374. The molecule has 0 aromatic heterocycles. The van der Waals surface area contributed by atoms with Gasteiger partial charge in [0.05, 0.1) is 8.15 Å². The van der Waals surface area contributed by atoms with Crippen LogP contribution < -0.4 is 4.52 Å². The molecule has 2 aliphatic rings. The molecule has 0 radical (unpaired) electrons. The maximum atomic E-state index is 7.08. The van der Waals surface area contributed by atoms with Gasteiger partial charge in [-0.3, -0.25) is 0 Å². The van der Waals surface area contributed by atoms with Crippen molar-refractivity contribution in [3.05, 3.63) is 29.3 Å². The van der Waals surface area contributed by atoms with E-state index in [1.165, 1.54) is 81.1 Å². The van der Waals surface area contributed by atoms with Crippen LogP contribution in [-0.4, -0.2) is 11.3 Å². The third kappa shape index (κ3) is 5.53. The number of hydrogen-bond donors (Lipinski definition) is 0. The molecule has 28 heavy (non-hydrogen) atoms. The molecule has 2 heteroatoms. The van der Waals surface area contributed by atoms with Gasteiger partial charge in [0, 0.05) is 16.9 Å². The summed E-state index contributed by atoms with van der Waals surface area (Å²) in [6, 6.07) is 7.06. The van der Waals surface area contributed by atoms with Crippen LogP contribution in [0.4, 0.5) is 0 Å². The summed E-state index contributed by atoms with van der Waals surface area (Å²) in [5, 5.41) is 0. The minimum Gasteiger partial charge on any atom is -0.473 e. The van der Waals surface area contributed by atoms with Gasteiger partial charge in [0.25, 0.3) is 0 Å². The van der Waals surface area contributed by atoms with Crippen LogP contribution in [-0.2, 0) is 10.8 Å². The zero-order chi connectivity index (χ0) is 20.4. The van der Waals surface area contributed by atoms with Crippen molar-refractivity contribution in [1.82, 2.24) is 0 Å². The van der Waals surface area contributed by atoms with E-state index < -0.39 is 0 Å². The highest BCUT2D eigenvalue weighted by Gasteiger charge is 2.35. The Morgan fingerprint density at radius 1 is 0.714 bits per heavy atom. The van der Waals surface area contributed by atoms with Crippen LogP contribution in [0, 0.1) is 0 Å². The van der Waals surface area contributed by atoms with Crippen molar-refractivity contribution in [3.8, 4) is 5.75 Å². The molecule has 1 aromatic carbocycles. The van der Waals surface area contributed by atoms with E-state index >= 15 is 0 Å². The summed E-state index contributed by atoms with van der Waals surface area (Å²) in [6.07, 6.45) is 14.1. The molecular weight excluding hydrogens is 359 g/mol. The number of hydrogen-bond acceptors (Lipinski definition) is 1. The standard InChI is InChI=1S/C26H43OP/c1-25(2,3)20-17-18-24(23(19-20)26(4,5)6)27-28(21-13-9-7-10-14-21)22-15-11-8-12-16-22/h17-19,21-22H,7-16H2,1-6H3. The SMILES string of the molecule is CC(C)(C)c1ccc(OP(C2CCCCC2)C2CCCCC2)c(C(C)(C)C)c1. The Kier molecular flexibility index (Phi) is 7.18. The summed E-state index contributed by atoms with van der Waals surface area (Å²) < 4.78 is 7.08. The monoisotopic (exact) mass is 402 g/mol. The van der Waals surface area contributed by atoms with Crippen LogP contribution in [0.1, 0.15) is 117 Å². The zero-order valence-electron chi connectivity index (χ0n) is 19.3. The van der Waals surface area contributed by atoms with Gasteiger partial charge in [-0.05, 0) is 48.1 Å². The first-order chi connectivity index (χ1) is 13.2. The van der Waals surface area contributed by atoms with Crippen LogP contribution in [0.2, 0.25) is 0 Å². The van der Waals surface area contributed by atoms with Gasteiger partial charge in [-0.2, -0.15) is 0 Å². The summed E-state index contributed by atoms with van der Waals surface area (Å²) in [6.45, 7) is 14.0. The van der Waals surface area contributed by atoms with E-state index in [4.69, 9.17) is 4.52 Å². The number of rotatable bonds is 4. The van der Waals surface area contributed by atoms with Crippen molar-refractivity contribution in [2.75, 3.05) is 0 Å². The van der Waals surface area contributed by atoms with Crippen molar-refractivity contribution in [2.24, 2.45) is 0 Å². The third-order valence-corrected chi connectivity index (χ3v) is 9.61. The maximum Gasteiger partial charge on any atom is 0.127 e. The fraction of sp³-hybridized carbons (Fsp3) is 0.769. The second-order valence-corrected chi connectivity index (χ2v) is 13.6. The van der Waals surface area contributed by atoms with Gasteiger partial charge in [0.2, 0.25) is 0 Å². The van der Waals surface area contributed by atoms with Crippen molar-refractivity contribution in [1.29, 1.82) is 0 Å². The summed E-state index contributed by atoms with van der Waals surface area (Å²) in [4.78, 5) is 0. The summed E-state index contributed by atoms with van der Waals surface area (Å²) in [5.41, 5.74) is 4.75. The molecule has 0 spiro atoms. The molecule has 0 amide bonds. The van der Waals surface area contributed by atoms with Crippen LogP contribution in [0.15, 0.2) is 18.2 Å². The van der Waals surface area contributed by atoms with Gasteiger partial charge in [0.15, 0.2) is 0 Å². The molecule has 1 aromatic rings. The summed E-state index contributed by atoms with van der Waals surface area (Å²) >= 11 is 0. The summed E-state index contributed by atoms with van der Waals surface area (Å²) in [5.74, 6) is 1.18. The van der Waals surface area contributed by atoms with Gasteiger partial charge >= 0.3 is 0 Å². The lowest BCUT2D eigenvalue weighted by molar-refractivity contribution is 0.443. The van der Waals surface area contributed by atoms with Crippen molar-refractivity contribution in [3.63, 3.8) is 0 Å². The zero-order valence-corrected chi connectivity index (χ0v) is 20.2. The van der Waals surface area contributed by atoms with E-state index in [0.29, 0.717) is 0 Å². The van der Waals surface area contributed by atoms with E-state index in [0.717, 1.165) is 11.3 Å². The molecule has 0 atom stereocenters. The van der Waals surface area contributed by atoms with Crippen LogP contribution in [0.25, 0.3) is 0 Å². The molecule has 0 heterocycles. The first kappa shape index (κ1) is 22.1. The molecule has 2 fully saturated rings. The highest BCUT2D eigenvalue weighted by atomic mass is 31.1. The van der Waals surface area contributed by atoms with Crippen LogP contribution >= 0.6 is 8.15 Å². The van der Waals surface area contributed by atoms with Crippen molar-refractivity contribution < 1.29 is 4.52 Å². The van der Waals surface area contributed by atoms with Crippen molar-refractivity contribution in [2.45, 2.75) is 128 Å². The lowest BCUT2D eigenvalue weighted by Gasteiger charge is -2.38. The van der Waals surface area contributed by atoms with Crippen molar-refractivity contribution >= 4 is 8.15 Å². The smallest absolute Gasteiger partial charge is 0.127 e. The molecule has 0 saturated heterocycles. The van der Waals surface area contributed by atoms with E-state index in [-0.39, 0.29) is 19.0 Å². The van der Waals surface area contributed by atoms with Crippen LogP contribution in [0.3, 0.4) is 0 Å². The largest absolute Gasteiger partial charge is 0.473 e. The Balaban J connectivity index is 1.92. The first-order valence-corrected chi connectivity index (χ1v) is 13.2. The van der Waals surface area contributed by atoms with E-state index in [9.17, 15) is 0 Å². The maximum absolute atomic E-state index is 7.08. The fourth-order valence-corrected chi connectivity index (χ4v) is 7.92. The van der Waals surface area contributed by atoms with Gasteiger partial charge < -0.3 is 4.52 Å². The fourth-order valence-electron chi connectivity index (χ4n) is 4.89. The Morgan fingerprint density at radius 2 is 1.21 bits per heavy atom. The highest BCUT2D eigenvalue weighted by Crippen LogP contribution is 2.57. The molecule has 3 rings (SSSR count). The van der Waals surface area contributed by atoms with Gasteiger partial charge in [-0.25, -0.2) is 0 Å². The third-order valence-electron chi connectivity index (χ3n) is 6.73. The van der Waals surface area contributed by atoms with E-state index in [1.54, 1.807) is 0 Å². The molecule has 2 saturated carbocycles. The van der Waals surface area contributed by atoms with Gasteiger partial charge in [0.1, 0.15) is 5.75 Å². The average molecular weight is 403 g/mol. The molecule has 0 N–H and O–H groups in total. The normalized spacial score (nSPS) is 20.5. The Labute approximate surface area is 175 Å². The Hall–Kier alpha value is -0.550. The Morgan fingerprint density at radius 3 is 1.64 bits per heavy atom.